The Bertz CT molecular complexity index is 1550. The number of amides is 1. The summed E-state index contributed by atoms with van der Waals surface area (Å²) in [5.41, 5.74) is 3.45. The van der Waals surface area contributed by atoms with E-state index >= 15 is 0 Å². The average molecular weight is 453 g/mol. The lowest BCUT2D eigenvalue weighted by atomic mass is 10.1. The highest BCUT2D eigenvalue weighted by Gasteiger charge is 2.12. The van der Waals surface area contributed by atoms with E-state index in [4.69, 9.17) is 0 Å². The van der Waals surface area contributed by atoms with E-state index < -0.39 is 0 Å². The van der Waals surface area contributed by atoms with Gasteiger partial charge in [0.1, 0.15) is 5.75 Å². The number of hydrogen-bond acceptors (Lipinski definition) is 4. The number of hydrogen-bond donors (Lipinski definition) is 2. The van der Waals surface area contributed by atoms with Crippen LogP contribution in [0.1, 0.15) is 15.9 Å². The van der Waals surface area contributed by atoms with Gasteiger partial charge in [-0.2, -0.15) is 0 Å². The molecule has 6 heteroatoms. The molecule has 2 heterocycles. The van der Waals surface area contributed by atoms with Crippen molar-refractivity contribution < 1.29 is 9.90 Å². The Morgan fingerprint density at radius 1 is 0.970 bits per heavy atom. The van der Waals surface area contributed by atoms with Gasteiger partial charge in [-0.05, 0) is 77.3 Å². The van der Waals surface area contributed by atoms with Crippen LogP contribution in [0.3, 0.4) is 0 Å². The summed E-state index contributed by atoms with van der Waals surface area (Å²) in [5.74, 6) is -0.182. The normalized spacial score (nSPS) is 10.9. The molecule has 0 fully saturated rings. The van der Waals surface area contributed by atoms with E-state index in [9.17, 15) is 14.7 Å². The van der Waals surface area contributed by atoms with E-state index in [2.05, 4.69) is 5.32 Å². The molecule has 5 rings (SSSR count). The van der Waals surface area contributed by atoms with Gasteiger partial charge in [0.25, 0.3) is 11.5 Å². The number of anilines is 1. The van der Waals surface area contributed by atoms with Gasteiger partial charge in [0.05, 0.1) is 11.1 Å². The van der Waals surface area contributed by atoms with Gasteiger partial charge >= 0.3 is 0 Å². The lowest BCUT2D eigenvalue weighted by Crippen LogP contribution is -2.19. The van der Waals surface area contributed by atoms with Crippen LogP contribution in [0, 0.1) is 6.92 Å². The monoisotopic (exact) mass is 452 g/mol. The number of aromatic nitrogens is 1. The van der Waals surface area contributed by atoms with Crippen molar-refractivity contribution in [1.29, 1.82) is 0 Å². The largest absolute Gasteiger partial charge is 0.508 e. The zero-order valence-corrected chi connectivity index (χ0v) is 18.6. The number of aromatic hydroxyl groups is 1. The van der Waals surface area contributed by atoms with Gasteiger partial charge in [-0.25, -0.2) is 0 Å². The number of thiophene rings is 1. The third-order valence-corrected chi connectivity index (χ3v) is 6.47. The average Bonchev–Trinajstić information content (AvgIpc) is 3.36. The van der Waals surface area contributed by atoms with Gasteiger partial charge in [0.2, 0.25) is 0 Å². The zero-order chi connectivity index (χ0) is 22.9. The molecule has 5 nitrogen and oxygen atoms in total. The Hall–Kier alpha value is -4.16. The van der Waals surface area contributed by atoms with Crippen LogP contribution in [0.4, 0.5) is 5.69 Å². The fourth-order valence-corrected chi connectivity index (χ4v) is 4.55. The lowest BCUT2D eigenvalue weighted by Gasteiger charge is -2.13. The molecule has 5 aromatic rings. The van der Waals surface area contributed by atoms with E-state index in [1.54, 1.807) is 41.8 Å². The van der Waals surface area contributed by atoms with Crippen molar-refractivity contribution in [3.05, 3.63) is 112 Å². The number of pyridine rings is 1. The molecular weight excluding hydrogens is 432 g/mol. The molecule has 0 aliphatic heterocycles. The number of carbonyl (C=O) groups is 1. The number of phenolic OH excluding ortho intramolecular Hbond substituents is 1. The third kappa shape index (κ3) is 4.04. The molecule has 162 valence electrons. The molecule has 3 aromatic carbocycles. The van der Waals surface area contributed by atoms with Crippen molar-refractivity contribution in [3.63, 3.8) is 0 Å². The molecule has 0 saturated carbocycles. The number of rotatable bonds is 4. The molecule has 1 amide bonds. The minimum Gasteiger partial charge on any atom is -0.508 e. The molecule has 33 heavy (non-hydrogen) atoms. The van der Waals surface area contributed by atoms with Gasteiger partial charge in [-0.1, -0.05) is 30.3 Å². The van der Waals surface area contributed by atoms with Crippen LogP contribution in [-0.4, -0.2) is 15.6 Å². The summed E-state index contributed by atoms with van der Waals surface area (Å²) < 4.78 is 1.53. The molecule has 0 bridgehead atoms. The summed E-state index contributed by atoms with van der Waals surface area (Å²) >= 11 is 1.62. The fourth-order valence-electron chi connectivity index (χ4n) is 3.82. The number of carbonyl (C=O) groups excluding carboxylic acids is 1. The van der Waals surface area contributed by atoms with Crippen molar-refractivity contribution in [2.75, 3.05) is 5.32 Å². The van der Waals surface area contributed by atoms with Crippen LogP contribution in [0.15, 0.2) is 95.2 Å². The number of benzene rings is 3. The van der Waals surface area contributed by atoms with E-state index in [-0.39, 0.29) is 17.2 Å². The second-order valence-electron chi connectivity index (χ2n) is 7.78. The van der Waals surface area contributed by atoms with Crippen LogP contribution in [0.25, 0.3) is 26.9 Å². The minimum absolute atomic E-state index is 0.0415. The predicted molar refractivity (Wildman–Crippen MR) is 134 cm³/mol. The summed E-state index contributed by atoms with van der Waals surface area (Å²) in [6.07, 6.45) is 1.71. The Morgan fingerprint density at radius 3 is 2.67 bits per heavy atom. The number of nitrogens with zero attached hydrogens (tertiary/aromatic N) is 1. The first-order valence-corrected chi connectivity index (χ1v) is 11.3. The lowest BCUT2D eigenvalue weighted by molar-refractivity contribution is 0.102. The van der Waals surface area contributed by atoms with Crippen LogP contribution in [0.2, 0.25) is 0 Å². The summed E-state index contributed by atoms with van der Waals surface area (Å²) in [6.45, 7) is 1.91. The minimum atomic E-state index is -0.237. The first kappa shape index (κ1) is 20.7. The molecule has 2 aromatic heterocycles. The fraction of sp³-hybridized carbons (Fsp3) is 0.0370. The highest BCUT2D eigenvalue weighted by molar-refractivity contribution is 7.13. The highest BCUT2D eigenvalue weighted by Crippen LogP contribution is 2.26. The molecule has 0 unspecified atom stereocenters. The quantitative estimate of drug-likeness (QED) is 0.352. The van der Waals surface area contributed by atoms with Crippen molar-refractivity contribution >= 4 is 33.7 Å². The SMILES string of the molecule is Cc1ccc(NC(=O)c2cccc(-c3cccs3)c2)cc1-n1ccc2ccc(O)cc2c1=O. The predicted octanol–water partition coefficient (Wildman–Crippen LogP) is 5.99. The van der Waals surface area contributed by atoms with Crippen molar-refractivity contribution in [2.24, 2.45) is 0 Å². The molecule has 0 atom stereocenters. The second-order valence-corrected chi connectivity index (χ2v) is 8.72. The van der Waals surface area contributed by atoms with Gasteiger partial charge < -0.3 is 10.4 Å². The van der Waals surface area contributed by atoms with E-state index in [1.165, 1.54) is 10.6 Å². The van der Waals surface area contributed by atoms with E-state index in [1.807, 2.05) is 60.8 Å². The molecule has 0 aliphatic carbocycles. The highest BCUT2D eigenvalue weighted by atomic mass is 32.1. The molecule has 0 saturated heterocycles. The Kier molecular flexibility index (Phi) is 5.28. The maximum absolute atomic E-state index is 13.1. The standard InChI is InChI=1S/C27H20N2O3S/c1-17-7-9-21(28-26(31)20-5-2-4-19(14-20)25-6-3-13-33-25)15-24(17)29-12-11-18-8-10-22(30)16-23(18)27(29)32/h2-16,30H,1H3,(H,28,31). The van der Waals surface area contributed by atoms with Crippen LogP contribution < -0.4 is 10.9 Å². The number of nitrogens with one attached hydrogen (secondary N) is 1. The van der Waals surface area contributed by atoms with Gasteiger partial charge in [0, 0.05) is 22.3 Å². The Balaban J connectivity index is 1.48. The topological polar surface area (TPSA) is 71.3 Å². The maximum Gasteiger partial charge on any atom is 0.263 e. The number of aryl methyl sites for hydroxylation is 1. The summed E-state index contributed by atoms with van der Waals surface area (Å²) in [6, 6.07) is 23.5. The second kappa shape index (κ2) is 8.41. The van der Waals surface area contributed by atoms with Crippen molar-refractivity contribution in [2.45, 2.75) is 6.92 Å². The summed E-state index contributed by atoms with van der Waals surface area (Å²) in [5, 5.41) is 15.9. The van der Waals surface area contributed by atoms with Crippen molar-refractivity contribution in [1.82, 2.24) is 4.57 Å². The van der Waals surface area contributed by atoms with Crippen LogP contribution in [0.5, 0.6) is 5.75 Å². The molecule has 0 radical (unpaired) electrons. The first-order chi connectivity index (χ1) is 16.0. The van der Waals surface area contributed by atoms with Gasteiger partial charge in [0.15, 0.2) is 0 Å². The Morgan fingerprint density at radius 2 is 1.85 bits per heavy atom. The van der Waals surface area contributed by atoms with Gasteiger partial charge in [-0.3, -0.25) is 14.2 Å². The zero-order valence-electron chi connectivity index (χ0n) is 17.8. The number of fused-ring (bicyclic) bond motifs is 1. The molecular formula is C27H20N2O3S. The van der Waals surface area contributed by atoms with E-state index in [0.717, 1.165) is 21.4 Å². The van der Waals surface area contributed by atoms with Crippen LogP contribution in [-0.2, 0) is 0 Å². The van der Waals surface area contributed by atoms with Crippen LogP contribution >= 0.6 is 11.3 Å². The molecule has 2 N–H and O–H groups in total. The summed E-state index contributed by atoms with van der Waals surface area (Å²) in [4.78, 5) is 27.1. The maximum atomic E-state index is 13.1. The molecule has 0 spiro atoms. The number of phenols is 1. The van der Waals surface area contributed by atoms with E-state index in [0.29, 0.717) is 22.3 Å². The first-order valence-electron chi connectivity index (χ1n) is 10.4. The third-order valence-electron chi connectivity index (χ3n) is 5.55. The van der Waals surface area contributed by atoms with Crippen molar-refractivity contribution in [3.8, 4) is 21.9 Å². The smallest absolute Gasteiger partial charge is 0.263 e. The van der Waals surface area contributed by atoms with Gasteiger partial charge in [-0.15, -0.1) is 11.3 Å². The summed E-state index contributed by atoms with van der Waals surface area (Å²) in [7, 11) is 0. The molecule has 0 aliphatic rings. The Labute approximate surface area is 194 Å².